The first-order valence-corrected chi connectivity index (χ1v) is 8.85. The van der Waals surface area contributed by atoms with Gasteiger partial charge in [-0.3, -0.25) is 9.59 Å². The van der Waals surface area contributed by atoms with E-state index in [1.165, 1.54) is 18.4 Å². The van der Waals surface area contributed by atoms with Gasteiger partial charge in [0.05, 0.1) is 11.5 Å². The molecule has 1 aliphatic carbocycles. The predicted molar refractivity (Wildman–Crippen MR) is 89.0 cm³/mol. The average Bonchev–Trinajstić information content (AvgIpc) is 2.95. The van der Waals surface area contributed by atoms with E-state index in [4.69, 9.17) is 5.11 Å². The molecule has 0 radical (unpaired) electrons. The number of aliphatic carboxylic acids is 1. The second-order valence-corrected chi connectivity index (χ2v) is 7.02. The molecule has 0 saturated heterocycles. The molecule has 0 atom stereocenters. The number of carbonyl (C=O) groups is 2. The van der Waals surface area contributed by atoms with Crippen LogP contribution in [-0.2, 0) is 16.0 Å². The summed E-state index contributed by atoms with van der Waals surface area (Å²) in [5, 5.41) is 11.6. The van der Waals surface area contributed by atoms with Crippen LogP contribution in [0.25, 0.3) is 0 Å². The maximum absolute atomic E-state index is 11.9. The van der Waals surface area contributed by atoms with E-state index in [0.717, 1.165) is 31.0 Å². The molecule has 0 spiro atoms. The van der Waals surface area contributed by atoms with Crippen LogP contribution in [0.15, 0.2) is 30.3 Å². The van der Waals surface area contributed by atoms with Crippen LogP contribution in [0.2, 0.25) is 0 Å². The van der Waals surface area contributed by atoms with Crippen molar-refractivity contribution in [2.75, 3.05) is 18.1 Å². The van der Waals surface area contributed by atoms with E-state index in [1.807, 2.05) is 6.07 Å². The van der Waals surface area contributed by atoms with Gasteiger partial charge < -0.3 is 10.4 Å². The highest BCUT2D eigenvalue weighted by molar-refractivity contribution is 8.00. The van der Waals surface area contributed by atoms with Crippen molar-refractivity contribution < 1.29 is 14.7 Å². The molecule has 1 amide bonds. The van der Waals surface area contributed by atoms with Crippen LogP contribution in [0.1, 0.15) is 31.2 Å². The minimum absolute atomic E-state index is 0.0252. The Balaban J connectivity index is 1.84. The molecular formula is C17H23NO3S. The maximum atomic E-state index is 11.9. The summed E-state index contributed by atoms with van der Waals surface area (Å²) in [5.74, 6) is -0.754. The summed E-state index contributed by atoms with van der Waals surface area (Å²) in [4.78, 5) is 22.3. The molecule has 1 saturated carbocycles. The van der Waals surface area contributed by atoms with Crippen LogP contribution in [0, 0.1) is 5.41 Å². The fraction of sp³-hybridized carbons (Fsp3) is 0.529. The minimum atomic E-state index is -0.880. The van der Waals surface area contributed by atoms with E-state index in [1.54, 1.807) is 0 Å². The molecule has 1 aromatic carbocycles. The lowest BCUT2D eigenvalue weighted by Crippen LogP contribution is -2.38. The number of carbonyl (C=O) groups excluding carboxylic acids is 1. The number of thioether (sulfide) groups is 1. The molecule has 120 valence electrons. The first-order valence-electron chi connectivity index (χ1n) is 7.70. The van der Waals surface area contributed by atoms with E-state index in [2.05, 4.69) is 29.6 Å². The van der Waals surface area contributed by atoms with E-state index < -0.39 is 5.97 Å². The molecule has 1 fully saturated rings. The zero-order valence-electron chi connectivity index (χ0n) is 12.7. The van der Waals surface area contributed by atoms with Crippen molar-refractivity contribution in [3.8, 4) is 0 Å². The van der Waals surface area contributed by atoms with E-state index in [0.29, 0.717) is 6.54 Å². The minimum Gasteiger partial charge on any atom is -0.481 e. The second kappa shape index (κ2) is 8.22. The molecule has 4 nitrogen and oxygen atoms in total. The van der Waals surface area contributed by atoms with E-state index in [-0.39, 0.29) is 22.8 Å². The molecule has 2 N–H and O–H groups in total. The van der Waals surface area contributed by atoms with E-state index >= 15 is 0 Å². The average molecular weight is 321 g/mol. The molecule has 2 rings (SSSR count). The fourth-order valence-electron chi connectivity index (χ4n) is 3.14. The van der Waals surface area contributed by atoms with Crippen LogP contribution in [-0.4, -0.2) is 35.0 Å². The van der Waals surface area contributed by atoms with Gasteiger partial charge in [-0.1, -0.05) is 43.2 Å². The Morgan fingerprint density at radius 2 is 1.82 bits per heavy atom. The zero-order valence-corrected chi connectivity index (χ0v) is 13.5. The van der Waals surface area contributed by atoms with Gasteiger partial charge in [0.1, 0.15) is 0 Å². The Kier molecular flexibility index (Phi) is 6.31. The van der Waals surface area contributed by atoms with Crippen LogP contribution in [0.3, 0.4) is 0 Å². The van der Waals surface area contributed by atoms with Gasteiger partial charge in [-0.05, 0) is 30.2 Å². The summed E-state index contributed by atoms with van der Waals surface area (Å²) < 4.78 is 0. The summed E-state index contributed by atoms with van der Waals surface area (Å²) >= 11 is 1.14. The third kappa shape index (κ3) is 5.37. The van der Waals surface area contributed by atoms with Gasteiger partial charge in [0.2, 0.25) is 5.91 Å². The molecule has 0 unspecified atom stereocenters. The number of nitrogens with one attached hydrogen (secondary N) is 1. The maximum Gasteiger partial charge on any atom is 0.313 e. The standard InChI is InChI=1S/C17H23NO3S/c19-15(11-22-12-16(20)21)18-13-17(8-4-5-9-17)10-14-6-2-1-3-7-14/h1-3,6-7H,4-5,8-13H2,(H,18,19)(H,20,21). The van der Waals surface area contributed by atoms with Gasteiger partial charge in [0.15, 0.2) is 0 Å². The molecule has 5 heteroatoms. The molecular weight excluding hydrogens is 298 g/mol. The normalized spacial score (nSPS) is 16.4. The number of rotatable bonds is 8. The predicted octanol–water partition coefficient (Wildman–Crippen LogP) is 2.72. The second-order valence-electron chi connectivity index (χ2n) is 6.03. The lowest BCUT2D eigenvalue weighted by molar-refractivity contribution is -0.133. The zero-order chi connectivity index (χ0) is 15.8. The smallest absolute Gasteiger partial charge is 0.313 e. The van der Waals surface area contributed by atoms with Crippen molar-refractivity contribution in [1.82, 2.24) is 5.32 Å². The van der Waals surface area contributed by atoms with Crippen molar-refractivity contribution in [3.05, 3.63) is 35.9 Å². The monoisotopic (exact) mass is 321 g/mol. The van der Waals surface area contributed by atoms with Crippen LogP contribution >= 0.6 is 11.8 Å². The fourth-order valence-corrected chi connectivity index (χ4v) is 3.70. The molecule has 0 aromatic heterocycles. The Hall–Kier alpha value is -1.49. The van der Waals surface area contributed by atoms with E-state index in [9.17, 15) is 9.59 Å². The van der Waals surface area contributed by atoms with Gasteiger partial charge in [-0.15, -0.1) is 11.8 Å². The van der Waals surface area contributed by atoms with Crippen LogP contribution < -0.4 is 5.32 Å². The Morgan fingerprint density at radius 3 is 2.45 bits per heavy atom. The van der Waals surface area contributed by atoms with Crippen molar-refractivity contribution >= 4 is 23.6 Å². The Labute approximate surface area is 135 Å². The van der Waals surface area contributed by atoms with Gasteiger partial charge in [0.25, 0.3) is 0 Å². The largest absolute Gasteiger partial charge is 0.481 e. The Morgan fingerprint density at radius 1 is 1.14 bits per heavy atom. The van der Waals surface area contributed by atoms with Crippen LogP contribution in [0.5, 0.6) is 0 Å². The summed E-state index contributed by atoms with van der Waals surface area (Å²) in [7, 11) is 0. The number of amides is 1. The topological polar surface area (TPSA) is 66.4 Å². The molecule has 0 heterocycles. The van der Waals surface area contributed by atoms with Crippen molar-refractivity contribution in [3.63, 3.8) is 0 Å². The quantitative estimate of drug-likeness (QED) is 0.772. The Bertz CT molecular complexity index is 498. The highest BCUT2D eigenvalue weighted by atomic mass is 32.2. The number of hydrogen-bond donors (Lipinski definition) is 2. The molecule has 1 aromatic rings. The number of carboxylic acid groups (broad SMARTS) is 1. The summed E-state index contributed by atoms with van der Waals surface area (Å²) in [5.41, 5.74) is 1.48. The summed E-state index contributed by atoms with van der Waals surface area (Å²) in [6.07, 6.45) is 5.72. The third-order valence-electron chi connectivity index (χ3n) is 4.21. The van der Waals surface area contributed by atoms with Crippen molar-refractivity contribution in [2.24, 2.45) is 5.41 Å². The van der Waals surface area contributed by atoms with Gasteiger partial charge in [-0.25, -0.2) is 0 Å². The van der Waals surface area contributed by atoms with Gasteiger partial charge in [0, 0.05) is 6.54 Å². The van der Waals surface area contributed by atoms with Gasteiger partial charge in [-0.2, -0.15) is 0 Å². The molecule has 0 aliphatic heterocycles. The summed E-state index contributed by atoms with van der Waals surface area (Å²) in [6.45, 7) is 0.689. The summed E-state index contributed by atoms with van der Waals surface area (Å²) in [6, 6.07) is 10.4. The molecule has 0 bridgehead atoms. The lowest BCUT2D eigenvalue weighted by atomic mass is 9.80. The molecule has 22 heavy (non-hydrogen) atoms. The first kappa shape index (κ1) is 16.9. The molecule has 1 aliphatic rings. The first-order chi connectivity index (χ1) is 10.6. The van der Waals surface area contributed by atoms with Crippen molar-refractivity contribution in [1.29, 1.82) is 0 Å². The van der Waals surface area contributed by atoms with Crippen LogP contribution in [0.4, 0.5) is 0 Å². The van der Waals surface area contributed by atoms with Gasteiger partial charge >= 0.3 is 5.97 Å². The number of benzene rings is 1. The third-order valence-corrected chi connectivity index (χ3v) is 5.12. The SMILES string of the molecule is O=C(O)CSCC(=O)NCC1(Cc2ccccc2)CCCC1. The van der Waals surface area contributed by atoms with Crippen molar-refractivity contribution in [2.45, 2.75) is 32.1 Å². The highest BCUT2D eigenvalue weighted by Crippen LogP contribution is 2.40. The number of hydrogen-bond acceptors (Lipinski definition) is 3. The number of carboxylic acids is 1. The lowest BCUT2D eigenvalue weighted by Gasteiger charge is -2.29. The highest BCUT2D eigenvalue weighted by Gasteiger charge is 2.34.